The van der Waals surface area contributed by atoms with Crippen LogP contribution in [0.2, 0.25) is 0 Å². The van der Waals surface area contributed by atoms with Gasteiger partial charge in [0.05, 0.1) is 44.7 Å². The van der Waals surface area contributed by atoms with Crippen molar-refractivity contribution in [3.05, 3.63) is 28.7 Å². The standard InChI is InChI=1S/C13H18BrN3O3S/c1-16-6-8-17(9-7-16)13(18)10-15-21(19,20)12-4-2-11(14)3-5-12/h2-5,15H,6-10H2,1H3/p+1. The van der Waals surface area contributed by atoms with Crippen LogP contribution in [0, 0.1) is 0 Å². The van der Waals surface area contributed by atoms with Crippen molar-refractivity contribution in [2.24, 2.45) is 0 Å². The zero-order chi connectivity index (χ0) is 15.5. The smallest absolute Gasteiger partial charge is 0.241 e. The highest BCUT2D eigenvalue weighted by atomic mass is 79.9. The van der Waals surface area contributed by atoms with Crippen LogP contribution in [-0.2, 0) is 14.8 Å². The zero-order valence-electron chi connectivity index (χ0n) is 11.8. The van der Waals surface area contributed by atoms with E-state index in [0.717, 1.165) is 17.6 Å². The maximum atomic E-state index is 12.1. The van der Waals surface area contributed by atoms with Crippen molar-refractivity contribution in [1.82, 2.24) is 9.62 Å². The van der Waals surface area contributed by atoms with Gasteiger partial charge in [0.15, 0.2) is 0 Å². The summed E-state index contributed by atoms with van der Waals surface area (Å²) in [7, 11) is -1.56. The topological polar surface area (TPSA) is 70.9 Å². The molecule has 0 radical (unpaired) electrons. The molecule has 1 amide bonds. The van der Waals surface area contributed by atoms with Gasteiger partial charge in [-0.3, -0.25) is 4.79 Å². The fourth-order valence-electron chi connectivity index (χ4n) is 2.10. The molecule has 1 saturated heterocycles. The second kappa shape index (κ2) is 6.87. The van der Waals surface area contributed by atoms with E-state index in [2.05, 4.69) is 27.7 Å². The molecule has 0 bridgehead atoms. The third-order valence-electron chi connectivity index (χ3n) is 3.51. The van der Waals surface area contributed by atoms with E-state index in [1.165, 1.54) is 17.0 Å². The molecule has 21 heavy (non-hydrogen) atoms. The van der Waals surface area contributed by atoms with E-state index in [1.54, 1.807) is 17.0 Å². The van der Waals surface area contributed by atoms with Crippen molar-refractivity contribution in [2.75, 3.05) is 39.8 Å². The Hall–Kier alpha value is -0.960. The summed E-state index contributed by atoms with van der Waals surface area (Å²) >= 11 is 3.25. The van der Waals surface area contributed by atoms with Crippen molar-refractivity contribution in [2.45, 2.75) is 4.90 Å². The lowest BCUT2D eigenvalue weighted by Gasteiger charge is -2.30. The molecule has 2 N–H and O–H groups in total. The summed E-state index contributed by atoms with van der Waals surface area (Å²) in [5, 5.41) is 0. The number of carbonyl (C=O) groups is 1. The van der Waals surface area contributed by atoms with Gasteiger partial charge in [-0.1, -0.05) is 15.9 Å². The van der Waals surface area contributed by atoms with Crippen molar-refractivity contribution >= 4 is 31.9 Å². The van der Waals surface area contributed by atoms with E-state index < -0.39 is 10.0 Å². The van der Waals surface area contributed by atoms with Gasteiger partial charge < -0.3 is 9.80 Å². The highest BCUT2D eigenvalue weighted by Gasteiger charge is 2.23. The molecule has 0 aliphatic carbocycles. The van der Waals surface area contributed by atoms with E-state index in [1.807, 2.05) is 0 Å². The Morgan fingerprint density at radius 1 is 1.29 bits per heavy atom. The molecule has 1 heterocycles. The fraction of sp³-hybridized carbons (Fsp3) is 0.462. The van der Waals surface area contributed by atoms with Crippen LogP contribution in [-0.4, -0.2) is 59.0 Å². The first-order valence-corrected chi connectivity index (χ1v) is 9.00. The summed E-state index contributed by atoms with van der Waals surface area (Å²) in [6, 6.07) is 6.30. The molecule has 1 aliphatic heterocycles. The lowest BCUT2D eigenvalue weighted by atomic mass is 10.3. The Morgan fingerprint density at radius 2 is 1.86 bits per heavy atom. The molecular weight excluding hydrogens is 358 g/mol. The number of rotatable bonds is 4. The van der Waals surface area contributed by atoms with E-state index in [9.17, 15) is 13.2 Å². The Labute approximate surface area is 133 Å². The number of piperazine rings is 1. The average Bonchev–Trinajstić information content (AvgIpc) is 2.46. The van der Waals surface area contributed by atoms with Gasteiger partial charge in [0.25, 0.3) is 0 Å². The molecule has 2 rings (SSSR count). The highest BCUT2D eigenvalue weighted by Crippen LogP contribution is 2.14. The molecule has 8 heteroatoms. The van der Waals surface area contributed by atoms with Gasteiger partial charge in [-0.15, -0.1) is 0 Å². The summed E-state index contributed by atoms with van der Waals surface area (Å²) < 4.78 is 27.3. The van der Waals surface area contributed by atoms with Gasteiger partial charge >= 0.3 is 0 Å². The van der Waals surface area contributed by atoms with Crippen molar-refractivity contribution < 1.29 is 18.1 Å². The highest BCUT2D eigenvalue weighted by molar-refractivity contribution is 9.10. The van der Waals surface area contributed by atoms with Crippen LogP contribution >= 0.6 is 15.9 Å². The molecule has 1 aromatic carbocycles. The quantitative estimate of drug-likeness (QED) is 0.714. The molecule has 6 nitrogen and oxygen atoms in total. The average molecular weight is 377 g/mol. The van der Waals surface area contributed by atoms with E-state index in [0.29, 0.717) is 13.1 Å². The van der Waals surface area contributed by atoms with Gasteiger partial charge in [-0.2, -0.15) is 0 Å². The van der Waals surface area contributed by atoms with E-state index >= 15 is 0 Å². The van der Waals surface area contributed by atoms with Gasteiger partial charge in [0.2, 0.25) is 15.9 Å². The predicted molar refractivity (Wildman–Crippen MR) is 82.5 cm³/mol. The third kappa shape index (κ3) is 4.50. The molecule has 1 fully saturated rings. The van der Waals surface area contributed by atoms with Gasteiger partial charge in [0.1, 0.15) is 0 Å². The number of hydrogen-bond acceptors (Lipinski definition) is 3. The van der Waals surface area contributed by atoms with Crippen LogP contribution in [0.5, 0.6) is 0 Å². The second-order valence-corrected chi connectivity index (χ2v) is 7.80. The number of benzene rings is 1. The first-order chi connectivity index (χ1) is 9.88. The maximum absolute atomic E-state index is 12.1. The molecule has 116 valence electrons. The van der Waals surface area contributed by atoms with E-state index in [4.69, 9.17) is 0 Å². The maximum Gasteiger partial charge on any atom is 0.241 e. The molecule has 0 aromatic heterocycles. The van der Waals surface area contributed by atoms with E-state index in [-0.39, 0.29) is 17.3 Å². The number of likely N-dealkylation sites (N-methyl/N-ethyl adjacent to an activating group) is 1. The van der Waals surface area contributed by atoms with Crippen LogP contribution in [0.4, 0.5) is 0 Å². The minimum absolute atomic E-state index is 0.154. The predicted octanol–water partition coefficient (Wildman–Crippen LogP) is -0.916. The first kappa shape index (κ1) is 16.4. The summed E-state index contributed by atoms with van der Waals surface area (Å²) in [6.45, 7) is 2.93. The Balaban J connectivity index is 1.92. The largest absolute Gasteiger partial charge is 0.334 e. The number of hydrogen-bond donors (Lipinski definition) is 2. The zero-order valence-corrected chi connectivity index (χ0v) is 14.2. The second-order valence-electron chi connectivity index (χ2n) is 5.12. The summed E-state index contributed by atoms with van der Waals surface area (Å²) in [4.78, 5) is 15.3. The van der Waals surface area contributed by atoms with Crippen LogP contribution in [0.15, 0.2) is 33.6 Å². The van der Waals surface area contributed by atoms with Crippen molar-refractivity contribution in [3.8, 4) is 0 Å². The minimum atomic E-state index is -3.65. The summed E-state index contributed by atoms with van der Waals surface area (Å²) in [5.41, 5.74) is 0. The number of nitrogens with zero attached hydrogens (tertiary/aromatic N) is 1. The lowest BCUT2D eigenvalue weighted by molar-refractivity contribution is -0.883. The summed E-state index contributed by atoms with van der Waals surface area (Å²) in [6.07, 6.45) is 0. The molecule has 0 atom stereocenters. The Morgan fingerprint density at radius 3 is 2.43 bits per heavy atom. The normalized spacial score (nSPS) is 17.0. The Kier molecular flexibility index (Phi) is 5.37. The monoisotopic (exact) mass is 376 g/mol. The SMILES string of the molecule is C[NH+]1CCN(C(=O)CNS(=O)(=O)c2ccc(Br)cc2)CC1. The minimum Gasteiger partial charge on any atom is -0.334 e. The van der Waals surface area contributed by atoms with Crippen LogP contribution in [0.3, 0.4) is 0 Å². The van der Waals surface area contributed by atoms with Crippen molar-refractivity contribution in [3.63, 3.8) is 0 Å². The number of nitrogens with one attached hydrogen (secondary N) is 2. The van der Waals surface area contributed by atoms with Gasteiger partial charge in [-0.25, -0.2) is 13.1 Å². The third-order valence-corrected chi connectivity index (χ3v) is 5.45. The summed E-state index contributed by atoms with van der Waals surface area (Å²) in [5.74, 6) is -0.178. The number of sulfonamides is 1. The molecule has 0 spiro atoms. The lowest BCUT2D eigenvalue weighted by Crippen LogP contribution is -3.12. The number of quaternary nitrogens is 1. The fourth-order valence-corrected chi connectivity index (χ4v) is 3.34. The Bertz CT molecular complexity index is 596. The molecule has 1 aliphatic rings. The number of amides is 1. The number of halogens is 1. The van der Waals surface area contributed by atoms with Crippen LogP contribution < -0.4 is 9.62 Å². The van der Waals surface area contributed by atoms with Gasteiger partial charge in [-0.05, 0) is 24.3 Å². The molecule has 0 unspecified atom stereocenters. The molecular formula is C13H19BrN3O3S+. The number of carbonyl (C=O) groups excluding carboxylic acids is 1. The molecule has 1 aromatic rings. The van der Waals surface area contributed by atoms with Crippen molar-refractivity contribution in [1.29, 1.82) is 0 Å². The first-order valence-electron chi connectivity index (χ1n) is 6.73. The van der Waals surface area contributed by atoms with Crippen LogP contribution in [0.1, 0.15) is 0 Å². The van der Waals surface area contributed by atoms with Crippen LogP contribution in [0.25, 0.3) is 0 Å². The molecule has 0 saturated carbocycles. The van der Waals surface area contributed by atoms with Gasteiger partial charge in [0, 0.05) is 4.47 Å².